The Labute approximate surface area is 183 Å². The highest BCUT2D eigenvalue weighted by atomic mass is 19.1. The minimum Gasteiger partial charge on any atom is -0.453 e. The van der Waals surface area contributed by atoms with Gasteiger partial charge >= 0.3 is 12.1 Å². The smallest absolute Gasteiger partial charge is 0.411 e. The van der Waals surface area contributed by atoms with Crippen LogP contribution in [0.3, 0.4) is 0 Å². The average Bonchev–Trinajstić information content (AvgIpc) is 2.74. The molecule has 1 heterocycles. The Morgan fingerprint density at radius 2 is 1.58 bits per heavy atom. The summed E-state index contributed by atoms with van der Waals surface area (Å²) in [6, 6.07) is 17.5. The number of rotatable bonds is 6. The molecule has 1 saturated heterocycles. The van der Waals surface area contributed by atoms with Crippen LogP contribution in [0.1, 0.15) is 63.3 Å². The van der Waals surface area contributed by atoms with E-state index in [0.29, 0.717) is 19.3 Å². The van der Waals surface area contributed by atoms with Crippen molar-refractivity contribution in [3.8, 4) is 0 Å². The van der Waals surface area contributed by atoms with Crippen LogP contribution >= 0.6 is 0 Å². The molecule has 166 valence electrons. The molecular formula is C25H30FNO4. The predicted molar refractivity (Wildman–Crippen MR) is 116 cm³/mol. The van der Waals surface area contributed by atoms with Crippen molar-refractivity contribution >= 4 is 12.1 Å². The second kappa shape index (κ2) is 9.94. The molecule has 0 radical (unpaired) electrons. The van der Waals surface area contributed by atoms with E-state index >= 15 is 0 Å². The van der Waals surface area contributed by atoms with Gasteiger partial charge in [0.2, 0.25) is 0 Å². The number of ether oxygens (including phenoxy) is 2. The number of morpholine rings is 1. The Hall–Kier alpha value is -2.89. The number of unbranched alkanes of at least 4 members (excludes halogenated alkanes) is 1. The van der Waals surface area contributed by atoms with Gasteiger partial charge in [0, 0.05) is 0 Å². The molecule has 2 aromatic rings. The normalized spacial score (nSPS) is 21.5. The van der Waals surface area contributed by atoms with Crippen LogP contribution in [0.4, 0.5) is 9.18 Å². The van der Waals surface area contributed by atoms with Gasteiger partial charge in [-0.1, -0.05) is 60.7 Å². The molecule has 0 spiro atoms. The van der Waals surface area contributed by atoms with E-state index in [1.165, 1.54) is 4.90 Å². The maximum absolute atomic E-state index is 13.4. The van der Waals surface area contributed by atoms with Crippen molar-refractivity contribution in [2.24, 2.45) is 0 Å². The Morgan fingerprint density at radius 1 is 1.00 bits per heavy atom. The first-order chi connectivity index (χ1) is 14.8. The number of hydrogen-bond donors (Lipinski definition) is 0. The second-order valence-corrected chi connectivity index (χ2v) is 8.71. The highest BCUT2D eigenvalue weighted by Crippen LogP contribution is 2.43. The molecule has 31 heavy (non-hydrogen) atoms. The van der Waals surface area contributed by atoms with E-state index < -0.39 is 42.5 Å². The monoisotopic (exact) mass is 427 g/mol. The summed E-state index contributed by atoms with van der Waals surface area (Å²) in [6.45, 7) is 4.90. The number of hydrogen-bond acceptors (Lipinski definition) is 4. The van der Waals surface area contributed by atoms with Crippen molar-refractivity contribution in [2.75, 3.05) is 6.67 Å². The molecule has 1 aliphatic rings. The number of cyclic esters (lactones) is 1. The lowest BCUT2D eigenvalue weighted by Gasteiger charge is -2.45. The molecule has 0 aromatic heterocycles. The molecule has 3 unspecified atom stereocenters. The summed E-state index contributed by atoms with van der Waals surface area (Å²) in [5, 5.41) is 0. The number of amides is 1. The van der Waals surface area contributed by atoms with Gasteiger partial charge in [0.1, 0.15) is 17.7 Å². The average molecular weight is 428 g/mol. The molecule has 2 aromatic carbocycles. The number of halogens is 1. The summed E-state index contributed by atoms with van der Waals surface area (Å²) < 4.78 is 24.3. The first kappa shape index (κ1) is 22.8. The number of carbonyl (C=O) groups excluding carboxylic acids is 2. The van der Waals surface area contributed by atoms with Gasteiger partial charge < -0.3 is 9.47 Å². The largest absolute Gasteiger partial charge is 0.453 e. The molecule has 0 saturated carbocycles. The number of alkyl halides is 1. The zero-order valence-electron chi connectivity index (χ0n) is 18.3. The summed E-state index contributed by atoms with van der Waals surface area (Å²) in [5.74, 6) is -0.495. The summed E-state index contributed by atoms with van der Waals surface area (Å²) >= 11 is 0. The van der Waals surface area contributed by atoms with Gasteiger partial charge in [0.25, 0.3) is 0 Å². The van der Waals surface area contributed by atoms with Crippen LogP contribution in [0, 0.1) is 0 Å². The van der Waals surface area contributed by atoms with Crippen LogP contribution in [0.5, 0.6) is 0 Å². The van der Waals surface area contributed by atoms with Crippen LogP contribution in [0.15, 0.2) is 60.7 Å². The van der Waals surface area contributed by atoms with Crippen molar-refractivity contribution < 1.29 is 23.5 Å². The SMILES string of the molecule is CC(C)(C)OC(=O)N1C(CCCCF)C(=O)OC(c2ccccc2)C1c1ccccc1. The molecule has 1 aliphatic heterocycles. The third-order valence-electron chi connectivity index (χ3n) is 5.17. The minimum atomic E-state index is -0.841. The van der Waals surface area contributed by atoms with Crippen molar-refractivity contribution in [1.29, 1.82) is 0 Å². The lowest BCUT2D eigenvalue weighted by Crippen LogP contribution is -2.55. The topological polar surface area (TPSA) is 55.8 Å². The highest BCUT2D eigenvalue weighted by molar-refractivity contribution is 5.83. The van der Waals surface area contributed by atoms with E-state index in [2.05, 4.69) is 0 Å². The zero-order valence-corrected chi connectivity index (χ0v) is 18.3. The van der Waals surface area contributed by atoms with Crippen molar-refractivity contribution in [3.05, 3.63) is 71.8 Å². The standard InChI is InChI=1S/C25H30FNO4/c1-25(2,3)31-24(29)27-20(16-10-11-17-26)23(28)30-22(19-14-8-5-9-15-19)21(27)18-12-6-4-7-13-18/h4-9,12-15,20-22H,10-11,16-17H2,1-3H3. The zero-order chi connectivity index (χ0) is 22.4. The van der Waals surface area contributed by atoms with E-state index in [4.69, 9.17) is 9.47 Å². The first-order valence-corrected chi connectivity index (χ1v) is 10.7. The van der Waals surface area contributed by atoms with Crippen molar-refractivity contribution in [1.82, 2.24) is 4.90 Å². The lowest BCUT2D eigenvalue weighted by molar-refractivity contribution is -0.174. The van der Waals surface area contributed by atoms with E-state index in [0.717, 1.165) is 11.1 Å². The molecule has 3 rings (SSSR count). The molecule has 1 amide bonds. The Kier molecular flexibility index (Phi) is 7.31. The molecule has 0 N–H and O–H groups in total. The molecular weight excluding hydrogens is 397 g/mol. The molecule has 0 aliphatic carbocycles. The molecule has 1 fully saturated rings. The fraction of sp³-hybridized carbons (Fsp3) is 0.440. The minimum absolute atomic E-state index is 0.312. The lowest BCUT2D eigenvalue weighted by atomic mass is 9.90. The van der Waals surface area contributed by atoms with E-state index in [1.54, 1.807) is 20.8 Å². The Balaban J connectivity index is 2.08. The maximum Gasteiger partial charge on any atom is 0.411 e. The quantitative estimate of drug-likeness (QED) is 0.434. The van der Waals surface area contributed by atoms with Gasteiger partial charge in [-0.2, -0.15) is 0 Å². The third-order valence-corrected chi connectivity index (χ3v) is 5.17. The summed E-state index contributed by atoms with van der Waals surface area (Å²) in [5.41, 5.74) is 0.900. The van der Waals surface area contributed by atoms with Crippen LogP contribution in [-0.4, -0.2) is 35.3 Å². The molecule has 0 bridgehead atoms. The molecule has 3 atom stereocenters. The van der Waals surface area contributed by atoms with Gasteiger partial charge in [0.15, 0.2) is 6.10 Å². The van der Waals surface area contributed by atoms with Crippen molar-refractivity contribution in [3.63, 3.8) is 0 Å². The van der Waals surface area contributed by atoms with Crippen LogP contribution in [0.2, 0.25) is 0 Å². The van der Waals surface area contributed by atoms with Gasteiger partial charge in [-0.3, -0.25) is 9.29 Å². The van der Waals surface area contributed by atoms with Crippen molar-refractivity contribution in [2.45, 2.75) is 63.8 Å². The number of benzene rings is 2. The highest BCUT2D eigenvalue weighted by Gasteiger charge is 2.48. The van der Waals surface area contributed by atoms with Gasteiger partial charge in [-0.15, -0.1) is 0 Å². The van der Waals surface area contributed by atoms with Crippen LogP contribution < -0.4 is 0 Å². The maximum atomic E-state index is 13.4. The second-order valence-electron chi connectivity index (χ2n) is 8.71. The Bertz CT molecular complexity index is 866. The number of esters is 1. The fourth-order valence-corrected chi connectivity index (χ4v) is 3.84. The van der Waals surface area contributed by atoms with E-state index in [-0.39, 0.29) is 0 Å². The predicted octanol–water partition coefficient (Wildman–Crippen LogP) is 5.77. The number of carbonyl (C=O) groups is 2. The van der Waals surface area contributed by atoms with Gasteiger partial charge in [-0.05, 0) is 51.2 Å². The number of nitrogens with zero attached hydrogens (tertiary/aromatic N) is 1. The van der Waals surface area contributed by atoms with E-state index in [9.17, 15) is 14.0 Å². The summed E-state index contributed by atoms with van der Waals surface area (Å²) in [7, 11) is 0. The van der Waals surface area contributed by atoms with Gasteiger partial charge in [-0.25, -0.2) is 9.59 Å². The van der Waals surface area contributed by atoms with Crippen LogP contribution in [0.25, 0.3) is 0 Å². The summed E-state index contributed by atoms with van der Waals surface area (Å²) in [4.78, 5) is 28.0. The summed E-state index contributed by atoms with van der Waals surface area (Å²) in [6.07, 6.45) is -0.158. The molecule has 5 nitrogen and oxygen atoms in total. The van der Waals surface area contributed by atoms with E-state index in [1.807, 2.05) is 60.7 Å². The molecule has 6 heteroatoms. The van der Waals surface area contributed by atoms with Gasteiger partial charge in [0.05, 0.1) is 6.67 Å². The first-order valence-electron chi connectivity index (χ1n) is 10.7. The Morgan fingerprint density at radius 3 is 2.13 bits per heavy atom. The van der Waals surface area contributed by atoms with Crippen LogP contribution in [-0.2, 0) is 14.3 Å². The fourth-order valence-electron chi connectivity index (χ4n) is 3.84. The third kappa shape index (κ3) is 5.63.